The third kappa shape index (κ3) is 5.11. The van der Waals surface area contributed by atoms with Crippen LogP contribution in [0.15, 0.2) is 18.2 Å². The largest absolute Gasteiger partial charge is 0.480 e. The first-order valence-electron chi connectivity index (χ1n) is 6.60. The number of anilines is 1. The first-order chi connectivity index (χ1) is 9.85. The van der Waals surface area contributed by atoms with E-state index in [2.05, 4.69) is 10.6 Å². The molecule has 7 heteroatoms. The molecule has 5 nitrogen and oxygen atoms in total. The van der Waals surface area contributed by atoms with E-state index in [0.717, 1.165) is 18.2 Å². The van der Waals surface area contributed by atoms with Crippen LogP contribution in [0.4, 0.5) is 14.5 Å². The molecule has 1 aromatic carbocycles. The molecule has 0 aliphatic rings. The van der Waals surface area contributed by atoms with Gasteiger partial charge in [-0.3, -0.25) is 14.9 Å². The second-order valence-corrected chi connectivity index (χ2v) is 4.68. The number of nitrogens with one attached hydrogen (secondary N) is 2. The first kappa shape index (κ1) is 17.0. The molecule has 0 aliphatic carbocycles. The Labute approximate surface area is 121 Å². The predicted octanol–water partition coefficient (Wildman–Crippen LogP) is 2.13. The number of carbonyl (C=O) groups excluding carboxylic acids is 1. The summed E-state index contributed by atoms with van der Waals surface area (Å²) in [5.74, 6) is -3.14. The summed E-state index contributed by atoms with van der Waals surface area (Å²) in [5, 5.41) is 13.9. The lowest BCUT2D eigenvalue weighted by atomic mass is 10.1. The van der Waals surface area contributed by atoms with Crippen molar-refractivity contribution in [1.29, 1.82) is 0 Å². The molecule has 0 fully saturated rings. The summed E-state index contributed by atoms with van der Waals surface area (Å²) < 4.78 is 26.4. The Bertz CT molecular complexity index is 523. The molecule has 3 N–H and O–H groups in total. The van der Waals surface area contributed by atoms with Gasteiger partial charge in [0.1, 0.15) is 17.7 Å². The minimum Gasteiger partial charge on any atom is -0.480 e. The van der Waals surface area contributed by atoms with Crippen molar-refractivity contribution in [2.75, 3.05) is 5.32 Å². The van der Waals surface area contributed by atoms with Gasteiger partial charge in [-0.25, -0.2) is 8.78 Å². The van der Waals surface area contributed by atoms with Crippen molar-refractivity contribution in [1.82, 2.24) is 5.32 Å². The Hall–Kier alpha value is -2.02. The summed E-state index contributed by atoms with van der Waals surface area (Å²) in [6.07, 6.45) is 0.998. The topological polar surface area (TPSA) is 78.4 Å². The number of rotatable bonds is 7. The maximum Gasteiger partial charge on any atom is 0.320 e. The molecule has 1 rings (SSSR count). The minimum atomic E-state index is -1.06. The summed E-state index contributed by atoms with van der Waals surface area (Å²) in [4.78, 5) is 22.9. The van der Waals surface area contributed by atoms with Crippen molar-refractivity contribution in [3.8, 4) is 0 Å². The quantitative estimate of drug-likeness (QED) is 0.721. The van der Waals surface area contributed by atoms with E-state index in [4.69, 9.17) is 5.11 Å². The fourth-order valence-corrected chi connectivity index (χ4v) is 1.78. The summed E-state index contributed by atoms with van der Waals surface area (Å²) in [5.41, 5.74) is -0.281. The molecule has 0 radical (unpaired) electrons. The Balaban J connectivity index is 2.70. The molecule has 116 valence electrons. The van der Waals surface area contributed by atoms with Crippen molar-refractivity contribution in [3.05, 3.63) is 29.8 Å². The Kier molecular flexibility index (Phi) is 6.23. The highest BCUT2D eigenvalue weighted by Gasteiger charge is 2.22. The third-order valence-corrected chi connectivity index (χ3v) is 2.91. The highest BCUT2D eigenvalue weighted by Crippen LogP contribution is 2.15. The monoisotopic (exact) mass is 300 g/mol. The number of benzene rings is 1. The molecule has 1 amide bonds. The van der Waals surface area contributed by atoms with E-state index < -0.39 is 35.6 Å². The maximum absolute atomic E-state index is 13.4. The molecule has 21 heavy (non-hydrogen) atoms. The number of hydrogen-bond donors (Lipinski definition) is 3. The van der Waals surface area contributed by atoms with Gasteiger partial charge in [0, 0.05) is 6.07 Å². The van der Waals surface area contributed by atoms with Gasteiger partial charge in [0.15, 0.2) is 0 Å². The van der Waals surface area contributed by atoms with Crippen molar-refractivity contribution in [2.24, 2.45) is 0 Å². The van der Waals surface area contributed by atoms with Crippen LogP contribution in [0.1, 0.15) is 26.7 Å². The van der Waals surface area contributed by atoms with Crippen LogP contribution in [0, 0.1) is 11.6 Å². The Morgan fingerprint density at radius 2 is 2.00 bits per heavy atom. The van der Waals surface area contributed by atoms with E-state index in [1.54, 1.807) is 0 Å². The van der Waals surface area contributed by atoms with E-state index in [1.165, 1.54) is 6.92 Å². The van der Waals surface area contributed by atoms with Crippen molar-refractivity contribution in [2.45, 2.75) is 38.8 Å². The van der Waals surface area contributed by atoms with Gasteiger partial charge < -0.3 is 10.4 Å². The second-order valence-electron chi connectivity index (χ2n) is 4.68. The number of aliphatic carboxylic acids is 1. The van der Waals surface area contributed by atoms with Crippen molar-refractivity contribution < 1.29 is 23.5 Å². The molecule has 0 saturated heterocycles. The molecule has 0 aromatic heterocycles. The van der Waals surface area contributed by atoms with E-state index >= 15 is 0 Å². The highest BCUT2D eigenvalue weighted by molar-refractivity contribution is 5.95. The average molecular weight is 300 g/mol. The lowest BCUT2D eigenvalue weighted by molar-refractivity contribution is -0.140. The molecular formula is C14H18F2N2O3. The van der Waals surface area contributed by atoms with E-state index in [0.29, 0.717) is 12.8 Å². The Morgan fingerprint density at radius 1 is 1.33 bits per heavy atom. The second kappa shape index (κ2) is 7.68. The van der Waals surface area contributed by atoms with Gasteiger partial charge in [-0.2, -0.15) is 0 Å². The maximum atomic E-state index is 13.4. The average Bonchev–Trinajstić information content (AvgIpc) is 2.42. The van der Waals surface area contributed by atoms with Crippen LogP contribution in [-0.2, 0) is 9.59 Å². The van der Waals surface area contributed by atoms with E-state index in [9.17, 15) is 18.4 Å². The molecule has 2 unspecified atom stereocenters. The highest BCUT2D eigenvalue weighted by atomic mass is 19.1. The Morgan fingerprint density at radius 3 is 2.57 bits per heavy atom. The number of halogens is 2. The summed E-state index contributed by atoms with van der Waals surface area (Å²) in [6.45, 7) is 3.28. The number of amides is 1. The van der Waals surface area contributed by atoms with Crippen LogP contribution in [0.25, 0.3) is 0 Å². The van der Waals surface area contributed by atoms with E-state index in [-0.39, 0.29) is 5.69 Å². The van der Waals surface area contributed by atoms with Gasteiger partial charge in [-0.1, -0.05) is 13.3 Å². The molecule has 0 saturated carbocycles. The number of carboxylic acid groups (broad SMARTS) is 1. The van der Waals surface area contributed by atoms with Crippen LogP contribution in [0.5, 0.6) is 0 Å². The molecule has 1 aromatic rings. The lowest BCUT2D eigenvalue weighted by Crippen LogP contribution is -2.47. The predicted molar refractivity (Wildman–Crippen MR) is 73.9 cm³/mol. The fourth-order valence-electron chi connectivity index (χ4n) is 1.78. The number of carbonyl (C=O) groups is 2. The number of carboxylic acids is 1. The summed E-state index contributed by atoms with van der Waals surface area (Å²) in [6, 6.07) is 0.975. The third-order valence-electron chi connectivity index (χ3n) is 2.91. The number of hydrogen-bond acceptors (Lipinski definition) is 3. The molecule has 0 aliphatic heterocycles. The van der Waals surface area contributed by atoms with Crippen molar-refractivity contribution in [3.63, 3.8) is 0 Å². The van der Waals surface area contributed by atoms with Gasteiger partial charge in [0.05, 0.1) is 11.7 Å². The zero-order chi connectivity index (χ0) is 16.0. The smallest absolute Gasteiger partial charge is 0.320 e. The van der Waals surface area contributed by atoms with Crippen LogP contribution in [-0.4, -0.2) is 29.1 Å². The molecular weight excluding hydrogens is 282 g/mol. The van der Waals surface area contributed by atoms with Crippen LogP contribution in [0.2, 0.25) is 0 Å². The SMILES string of the molecule is CCCC(NC(C)C(=O)Nc1cc(F)ccc1F)C(=O)O. The van der Waals surface area contributed by atoms with Gasteiger partial charge in [-0.05, 0) is 25.5 Å². The van der Waals surface area contributed by atoms with Gasteiger partial charge in [-0.15, -0.1) is 0 Å². The van der Waals surface area contributed by atoms with Crippen LogP contribution >= 0.6 is 0 Å². The van der Waals surface area contributed by atoms with Gasteiger partial charge in [0.25, 0.3) is 0 Å². The van der Waals surface area contributed by atoms with Crippen LogP contribution < -0.4 is 10.6 Å². The van der Waals surface area contributed by atoms with Crippen LogP contribution in [0.3, 0.4) is 0 Å². The fraction of sp³-hybridized carbons (Fsp3) is 0.429. The minimum absolute atomic E-state index is 0.281. The van der Waals surface area contributed by atoms with Gasteiger partial charge >= 0.3 is 5.97 Å². The normalized spacial score (nSPS) is 13.5. The summed E-state index contributed by atoms with van der Waals surface area (Å²) >= 11 is 0. The zero-order valence-corrected chi connectivity index (χ0v) is 11.8. The molecule has 0 heterocycles. The first-order valence-corrected chi connectivity index (χ1v) is 6.60. The van der Waals surface area contributed by atoms with Gasteiger partial charge in [0.2, 0.25) is 5.91 Å². The van der Waals surface area contributed by atoms with Crippen molar-refractivity contribution >= 4 is 17.6 Å². The standard InChI is InChI=1S/C14H18F2N2O3/c1-3-4-11(14(20)21)17-8(2)13(19)18-12-7-9(15)5-6-10(12)16/h5-8,11,17H,3-4H2,1-2H3,(H,18,19)(H,20,21). The zero-order valence-electron chi connectivity index (χ0n) is 11.8. The molecule has 2 atom stereocenters. The molecule has 0 bridgehead atoms. The molecule has 0 spiro atoms. The lowest BCUT2D eigenvalue weighted by Gasteiger charge is -2.19. The van der Waals surface area contributed by atoms with E-state index in [1.807, 2.05) is 6.92 Å². The summed E-state index contributed by atoms with van der Waals surface area (Å²) in [7, 11) is 0.